The molecule has 0 heterocycles. The van der Waals surface area contributed by atoms with Crippen LogP contribution in [-0.2, 0) is 14.3 Å². The van der Waals surface area contributed by atoms with E-state index in [0.717, 1.165) is 32.1 Å². The highest BCUT2D eigenvalue weighted by Crippen LogP contribution is 2.20. The van der Waals surface area contributed by atoms with Gasteiger partial charge < -0.3 is 4.74 Å². The van der Waals surface area contributed by atoms with Crippen molar-refractivity contribution in [2.75, 3.05) is 6.61 Å². The Morgan fingerprint density at radius 1 is 1.47 bits per heavy atom. The standard InChI is InChI=1S/C14H20O3/c1-2-17-14(16)10-5-3-4-7-12-8-6-9-13(15)11-12/h5,10-11H,2-4,6-9H2,1H3/b10-5+. The first-order chi connectivity index (χ1) is 8.22. The fourth-order valence-corrected chi connectivity index (χ4v) is 1.88. The number of hydrogen-bond donors (Lipinski definition) is 0. The number of rotatable bonds is 6. The lowest BCUT2D eigenvalue weighted by atomic mass is 9.95. The summed E-state index contributed by atoms with van der Waals surface area (Å²) in [6, 6.07) is 0. The third-order valence-electron chi connectivity index (χ3n) is 2.70. The second-order valence-electron chi connectivity index (χ2n) is 4.17. The lowest BCUT2D eigenvalue weighted by Crippen LogP contribution is -2.02. The molecule has 0 atom stereocenters. The molecule has 94 valence electrons. The molecule has 0 aromatic carbocycles. The summed E-state index contributed by atoms with van der Waals surface area (Å²) in [4.78, 5) is 22.2. The highest BCUT2D eigenvalue weighted by Gasteiger charge is 2.08. The third kappa shape index (κ3) is 6.05. The third-order valence-corrected chi connectivity index (χ3v) is 2.70. The van der Waals surface area contributed by atoms with Gasteiger partial charge in [-0.15, -0.1) is 0 Å². The summed E-state index contributed by atoms with van der Waals surface area (Å²) in [5.74, 6) is -0.0205. The minimum Gasteiger partial charge on any atom is -0.463 e. The number of carbonyl (C=O) groups excluding carboxylic acids is 2. The van der Waals surface area contributed by atoms with Gasteiger partial charge in [-0.2, -0.15) is 0 Å². The van der Waals surface area contributed by atoms with Crippen LogP contribution < -0.4 is 0 Å². The van der Waals surface area contributed by atoms with Gasteiger partial charge >= 0.3 is 5.97 Å². The van der Waals surface area contributed by atoms with Gasteiger partial charge in [0, 0.05) is 12.5 Å². The summed E-state index contributed by atoms with van der Waals surface area (Å²) in [5.41, 5.74) is 1.26. The van der Waals surface area contributed by atoms with Gasteiger partial charge in [0.25, 0.3) is 0 Å². The molecule has 1 rings (SSSR count). The van der Waals surface area contributed by atoms with Crippen LogP contribution in [0.1, 0.15) is 45.4 Å². The van der Waals surface area contributed by atoms with Gasteiger partial charge in [0.1, 0.15) is 0 Å². The maximum atomic E-state index is 11.2. The number of ether oxygens (including phenoxy) is 1. The van der Waals surface area contributed by atoms with Crippen molar-refractivity contribution in [2.45, 2.75) is 45.4 Å². The zero-order chi connectivity index (χ0) is 12.5. The molecule has 1 aliphatic rings. The van der Waals surface area contributed by atoms with Gasteiger partial charge in [-0.25, -0.2) is 4.79 Å². The monoisotopic (exact) mass is 236 g/mol. The van der Waals surface area contributed by atoms with E-state index in [1.54, 1.807) is 13.0 Å². The van der Waals surface area contributed by atoms with Crippen molar-refractivity contribution in [3.8, 4) is 0 Å². The Hall–Kier alpha value is -1.38. The van der Waals surface area contributed by atoms with E-state index in [4.69, 9.17) is 4.74 Å². The Labute approximate surface area is 103 Å². The van der Waals surface area contributed by atoms with E-state index in [1.807, 2.05) is 6.08 Å². The summed E-state index contributed by atoms with van der Waals surface area (Å²) in [6.07, 6.45) is 10.6. The van der Waals surface area contributed by atoms with Crippen LogP contribution in [0.5, 0.6) is 0 Å². The summed E-state index contributed by atoms with van der Waals surface area (Å²) < 4.78 is 4.77. The summed E-state index contributed by atoms with van der Waals surface area (Å²) >= 11 is 0. The van der Waals surface area contributed by atoms with Crippen LogP contribution in [0.3, 0.4) is 0 Å². The first-order valence-corrected chi connectivity index (χ1v) is 6.28. The number of carbonyl (C=O) groups is 2. The van der Waals surface area contributed by atoms with E-state index in [2.05, 4.69) is 0 Å². The molecule has 0 fully saturated rings. The first-order valence-electron chi connectivity index (χ1n) is 6.28. The molecule has 1 aliphatic carbocycles. The molecule has 0 bridgehead atoms. The highest BCUT2D eigenvalue weighted by atomic mass is 16.5. The number of hydrogen-bond acceptors (Lipinski definition) is 3. The molecule has 0 radical (unpaired) electrons. The van der Waals surface area contributed by atoms with E-state index in [0.29, 0.717) is 13.0 Å². The van der Waals surface area contributed by atoms with Gasteiger partial charge in [-0.05, 0) is 45.1 Å². The van der Waals surface area contributed by atoms with Crippen LogP contribution in [0.4, 0.5) is 0 Å². The molecule has 0 amide bonds. The van der Waals surface area contributed by atoms with Gasteiger partial charge in [-0.3, -0.25) is 4.79 Å². The van der Waals surface area contributed by atoms with Crippen molar-refractivity contribution in [1.29, 1.82) is 0 Å². The molecule has 0 unspecified atom stereocenters. The largest absolute Gasteiger partial charge is 0.463 e. The highest BCUT2D eigenvalue weighted by molar-refractivity contribution is 5.91. The topological polar surface area (TPSA) is 43.4 Å². The summed E-state index contributed by atoms with van der Waals surface area (Å²) in [6.45, 7) is 2.20. The molecule has 0 saturated carbocycles. The fourth-order valence-electron chi connectivity index (χ4n) is 1.88. The van der Waals surface area contributed by atoms with Gasteiger partial charge in [0.15, 0.2) is 5.78 Å². The molecule has 0 N–H and O–H groups in total. The minimum absolute atomic E-state index is 0.258. The van der Waals surface area contributed by atoms with Crippen LogP contribution in [0.25, 0.3) is 0 Å². The van der Waals surface area contributed by atoms with Gasteiger partial charge in [0.05, 0.1) is 6.61 Å². The van der Waals surface area contributed by atoms with Crippen LogP contribution >= 0.6 is 0 Å². The lowest BCUT2D eigenvalue weighted by Gasteiger charge is -2.10. The molecule has 17 heavy (non-hydrogen) atoms. The Balaban J connectivity index is 2.15. The van der Waals surface area contributed by atoms with E-state index in [9.17, 15) is 9.59 Å². The van der Waals surface area contributed by atoms with Crippen molar-refractivity contribution in [3.63, 3.8) is 0 Å². The molecule has 0 aromatic heterocycles. The van der Waals surface area contributed by atoms with Gasteiger partial charge in [0.2, 0.25) is 0 Å². The molecule has 0 aromatic rings. The van der Waals surface area contributed by atoms with Crippen LogP contribution in [0.2, 0.25) is 0 Å². The molecule has 0 spiro atoms. The molecular weight excluding hydrogens is 216 g/mol. The van der Waals surface area contributed by atoms with Crippen molar-refractivity contribution in [3.05, 3.63) is 23.8 Å². The normalized spacial score (nSPS) is 16.1. The Morgan fingerprint density at radius 2 is 2.29 bits per heavy atom. The van der Waals surface area contributed by atoms with E-state index in [-0.39, 0.29) is 11.8 Å². The van der Waals surface area contributed by atoms with E-state index >= 15 is 0 Å². The maximum absolute atomic E-state index is 11.2. The van der Waals surface area contributed by atoms with Crippen molar-refractivity contribution in [1.82, 2.24) is 0 Å². The SMILES string of the molecule is CCOC(=O)/C=C/CCCC1=CC(=O)CCC1. The molecule has 0 saturated heterocycles. The van der Waals surface area contributed by atoms with E-state index < -0.39 is 0 Å². The average Bonchev–Trinajstić information content (AvgIpc) is 2.29. The van der Waals surface area contributed by atoms with Crippen molar-refractivity contribution >= 4 is 11.8 Å². The zero-order valence-electron chi connectivity index (χ0n) is 10.4. The maximum Gasteiger partial charge on any atom is 0.330 e. The van der Waals surface area contributed by atoms with Crippen molar-refractivity contribution in [2.24, 2.45) is 0 Å². The summed E-state index contributed by atoms with van der Waals surface area (Å²) in [7, 11) is 0. The number of ketones is 1. The van der Waals surface area contributed by atoms with Crippen LogP contribution in [0.15, 0.2) is 23.8 Å². The number of allylic oxidation sites excluding steroid dienone is 3. The van der Waals surface area contributed by atoms with E-state index in [1.165, 1.54) is 11.6 Å². The molecule has 3 nitrogen and oxygen atoms in total. The first kappa shape index (κ1) is 13.7. The predicted octanol–water partition coefficient (Wildman–Crippen LogP) is 2.96. The molecule has 3 heteroatoms. The molecule has 0 aliphatic heterocycles. The number of unbranched alkanes of at least 4 members (excludes halogenated alkanes) is 1. The van der Waals surface area contributed by atoms with Gasteiger partial charge in [-0.1, -0.05) is 11.6 Å². The lowest BCUT2D eigenvalue weighted by molar-refractivity contribution is -0.137. The van der Waals surface area contributed by atoms with Crippen molar-refractivity contribution < 1.29 is 14.3 Å². The Morgan fingerprint density at radius 3 is 3.00 bits per heavy atom. The Bertz CT molecular complexity index is 326. The molecular formula is C14H20O3. The Kier molecular flexibility index (Phi) is 6.30. The minimum atomic E-state index is -0.278. The number of esters is 1. The van der Waals surface area contributed by atoms with Crippen LogP contribution in [0, 0.1) is 0 Å². The predicted molar refractivity (Wildman–Crippen MR) is 66.6 cm³/mol. The quantitative estimate of drug-likeness (QED) is 0.404. The second kappa shape index (κ2) is 7.82. The zero-order valence-corrected chi connectivity index (χ0v) is 10.4. The smallest absolute Gasteiger partial charge is 0.330 e. The average molecular weight is 236 g/mol. The summed E-state index contributed by atoms with van der Waals surface area (Å²) in [5, 5.41) is 0. The second-order valence-corrected chi connectivity index (χ2v) is 4.17. The van der Waals surface area contributed by atoms with Crippen LogP contribution in [-0.4, -0.2) is 18.4 Å². The fraction of sp³-hybridized carbons (Fsp3) is 0.571.